The summed E-state index contributed by atoms with van der Waals surface area (Å²) in [5, 5.41) is 26.0. The fraction of sp³-hybridized carbons (Fsp3) is 0.346. The number of rotatable bonds is 15. The topological polar surface area (TPSA) is 235 Å². The maximum absolute atomic E-state index is 13.3. The van der Waals surface area contributed by atoms with Crippen LogP contribution in [-0.2, 0) is 32.0 Å². The van der Waals surface area contributed by atoms with Gasteiger partial charge in [-0.1, -0.05) is 42.5 Å². The van der Waals surface area contributed by atoms with Gasteiger partial charge in [-0.25, -0.2) is 0 Å². The molecule has 13 nitrogen and oxygen atoms in total. The molecule has 0 fully saturated rings. The van der Waals surface area contributed by atoms with Crippen LogP contribution in [0, 0.1) is 0 Å². The number of amides is 3. The van der Waals surface area contributed by atoms with Crippen molar-refractivity contribution in [2.75, 3.05) is 13.1 Å². The zero-order valence-corrected chi connectivity index (χ0v) is 21.4. The van der Waals surface area contributed by atoms with E-state index in [4.69, 9.17) is 22.3 Å². The number of phenolic OH excluding ortho intramolecular Hbond substituents is 1. The van der Waals surface area contributed by atoms with Crippen LogP contribution in [0.2, 0.25) is 0 Å². The molecular weight excluding hydrogens is 506 g/mol. The van der Waals surface area contributed by atoms with Gasteiger partial charge in [0.05, 0.1) is 6.04 Å². The Morgan fingerprint density at radius 2 is 1.44 bits per heavy atom. The Kier molecular flexibility index (Phi) is 12.2. The summed E-state index contributed by atoms with van der Waals surface area (Å²) >= 11 is 0. The number of guanidine groups is 1. The number of aromatic hydroxyl groups is 1. The fourth-order valence-corrected chi connectivity index (χ4v) is 3.65. The average Bonchev–Trinajstić information content (AvgIpc) is 2.90. The molecule has 0 saturated heterocycles. The van der Waals surface area contributed by atoms with E-state index < -0.39 is 48.4 Å². The summed E-state index contributed by atoms with van der Waals surface area (Å²) in [6.07, 6.45) is 0.681. The lowest BCUT2D eigenvalue weighted by molar-refractivity contribution is -0.138. The zero-order chi connectivity index (χ0) is 28.8. The molecule has 0 aliphatic rings. The van der Waals surface area contributed by atoms with Crippen LogP contribution < -0.4 is 33.2 Å². The first-order chi connectivity index (χ1) is 18.5. The molecule has 3 unspecified atom stereocenters. The minimum absolute atomic E-state index is 0.0320. The molecule has 11 N–H and O–H groups in total. The van der Waals surface area contributed by atoms with Crippen molar-refractivity contribution >= 4 is 29.7 Å². The molecule has 0 spiro atoms. The molecule has 0 aliphatic heterocycles. The number of hydrogen-bond acceptors (Lipinski definition) is 7. The number of nitrogens with one attached hydrogen (secondary N) is 3. The van der Waals surface area contributed by atoms with E-state index >= 15 is 0 Å². The van der Waals surface area contributed by atoms with Crippen molar-refractivity contribution < 1.29 is 29.4 Å². The Labute approximate surface area is 225 Å². The van der Waals surface area contributed by atoms with Gasteiger partial charge in [0.1, 0.15) is 24.4 Å². The molecule has 0 radical (unpaired) electrons. The number of aliphatic carboxylic acids is 1. The van der Waals surface area contributed by atoms with Crippen molar-refractivity contribution in [3.63, 3.8) is 0 Å². The number of carbonyl (C=O) groups excluding carboxylic acids is 3. The summed E-state index contributed by atoms with van der Waals surface area (Å²) in [7, 11) is 0. The number of phenols is 1. The summed E-state index contributed by atoms with van der Waals surface area (Å²) in [5.41, 5.74) is 18.2. The van der Waals surface area contributed by atoms with E-state index in [1.54, 1.807) is 12.1 Å². The smallest absolute Gasteiger partial charge is 0.322 e. The Morgan fingerprint density at radius 3 is 2.05 bits per heavy atom. The van der Waals surface area contributed by atoms with E-state index in [1.807, 2.05) is 30.3 Å². The van der Waals surface area contributed by atoms with Gasteiger partial charge in [-0.2, -0.15) is 0 Å². The predicted octanol–water partition coefficient (Wildman–Crippen LogP) is -1.27. The number of nitrogens with two attached hydrogens (primary N) is 3. The van der Waals surface area contributed by atoms with Gasteiger partial charge in [0, 0.05) is 13.0 Å². The van der Waals surface area contributed by atoms with Crippen LogP contribution >= 0.6 is 0 Å². The van der Waals surface area contributed by atoms with Crippen LogP contribution in [0.3, 0.4) is 0 Å². The largest absolute Gasteiger partial charge is 0.508 e. The number of nitrogens with zero attached hydrogens (tertiary/aromatic N) is 1. The molecule has 0 saturated carbocycles. The first kappa shape index (κ1) is 30.6. The highest BCUT2D eigenvalue weighted by Crippen LogP contribution is 2.12. The van der Waals surface area contributed by atoms with Crippen LogP contribution in [0.5, 0.6) is 5.75 Å². The molecule has 0 bridgehead atoms. The Bertz CT molecular complexity index is 1140. The second kappa shape index (κ2) is 15.6. The monoisotopic (exact) mass is 541 g/mol. The number of hydrogen-bond donors (Lipinski definition) is 8. The Hall–Kier alpha value is -4.65. The van der Waals surface area contributed by atoms with Crippen molar-refractivity contribution in [1.29, 1.82) is 0 Å². The molecule has 2 aromatic rings. The summed E-state index contributed by atoms with van der Waals surface area (Å²) < 4.78 is 0. The molecule has 210 valence electrons. The van der Waals surface area contributed by atoms with Gasteiger partial charge in [-0.15, -0.1) is 0 Å². The number of carbonyl (C=O) groups is 4. The van der Waals surface area contributed by atoms with Crippen molar-refractivity contribution in [3.05, 3.63) is 65.7 Å². The second-order valence-electron chi connectivity index (χ2n) is 8.85. The maximum atomic E-state index is 13.3. The lowest BCUT2D eigenvalue weighted by Crippen LogP contribution is -2.57. The van der Waals surface area contributed by atoms with E-state index in [-0.39, 0.29) is 37.5 Å². The molecule has 13 heteroatoms. The van der Waals surface area contributed by atoms with E-state index in [0.717, 1.165) is 5.56 Å². The van der Waals surface area contributed by atoms with E-state index in [2.05, 4.69) is 20.9 Å². The molecule has 3 atom stereocenters. The van der Waals surface area contributed by atoms with E-state index in [9.17, 15) is 24.3 Å². The first-order valence-electron chi connectivity index (χ1n) is 12.3. The quantitative estimate of drug-likeness (QED) is 0.0761. The molecule has 0 heterocycles. The minimum Gasteiger partial charge on any atom is -0.508 e. The molecule has 0 aromatic heterocycles. The summed E-state index contributed by atoms with van der Waals surface area (Å²) in [4.78, 5) is 53.7. The van der Waals surface area contributed by atoms with Gasteiger partial charge in [0.25, 0.3) is 0 Å². The second-order valence-corrected chi connectivity index (χ2v) is 8.85. The highest BCUT2D eigenvalue weighted by molar-refractivity contribution is 5.93. The maximum Gasteiger partial charge on any atom is 0.322 e. The molecule has 2 aromatic carbocycles. The predicted molar refractivity (Wildman–Crippen MR) is 144 cm³/mol. The summed E-state index contributed by atoms with van der Waals surface area (Å²) in [6, 6.07) is 12.0. The van der Waals surface area contributed by atoms with Crippen LogP contribution in [0.1, 0.15) is 24.0 Å². The molecular formula is C26H35N7O6. The van der Waals surface area contributed by atoms with Crippen LogP contribution in [0.4, 0.5) is 0 Å². The lowest BCUT2D eigenvalue weighted by Gasteiger charge is -2.24. The number of aliphatic imine (C=N–C) groups is 1. The number of carboxylic acids is 1. The fourth-order valence-electron chi connectivity index (χ4n) is 3.65. The van der Waals surface area contributed by atoms with Crippen molar-refractivity contribution in [1.82, 2.24) is 16.0 Å². The third-order valence-electron chi connectivity index (χ3n) is 5.64. The first-order valence-corrected chi connectivity index (χ1v) is 12.3. The minimum atomic E-state index is -1.25. The molecule has 3 amide bonds. The van der Waals surface area contributed by atoms with Gasteiger partial charge in [0.2, 0.25) is 17.7 Å². The van der Waals surface area contributed by atoms with Crippen LogP contribution in [-0.4, -0.2) is 71.1 Å². The normalized spacial score (nSPS) is 12.8. The van der Waals surface area contributed by atoms with Crippen molar-refractivity contribution in [3.8, 4) is 5.75 Å². The highest BCUT2D eigenvalue weighted by atomic mass is 16.4. The average molecular weight is 542 g/mol. The summed E-state index contributed by atoms with van der Waals surface area (Å²) in [6.45, 7) is -0.454. The standard InChI is InChI=1S/C26H35N7O6/c27-19(13-16-5-2-1-3-6-16)23(37)33-21(14-17-8-10-18(34)11-9-17)25(39)32-20(7-4-12-30-26(28)29)24(38)31-15-22(35)36/h1-3,5-6,8-11,19-21,34H,4,7,12-15,27H2,(H,31,38)(H,32,39)(H,33,37)(H,35,36)(H4,28,29,30). The number of carboxylic acid groups (broad SMARTS) is 1. The Morgan fingerprint density at radius 1 is 0.821 bits per heavy atom. The van der Waals surface area contributed by atoms with Crippen molar-refractivity contribution in [2.45, 2.75) is 43.8 Å². The Balaban J connectivity index is 2.19. The lowest BCUT2D eigenvalue weighted by atomic mass is 10.0. The van der Waals surface area contributed by atoms with Gasteiger partial charge >= 0.3 is 5.97 Å². The van der Waals surface area contributed by atoms with Gasteiger partial charge in [0.15, 0.2) is 5.96 Å². The third-order valence-corrected chi connectivity index (χ3v) is 5.64. The highest BCUT2D eigenvalue weighted by Gasteiger charge is 2.28. The van der Waals surface area contributed by atoms with Gasteiger partial charge in [-0.3, -0.25) is 24.2 Å². The van der Waals surface area contributed by atoms with E-state index in [1.165, 1.54) is 12.1 Å². The van der Waals surface area contributed by atoms with Crippen LogP contribution in [0.25, 0.3) is 0 Å². The van der Waals surface area contributed by atoms with Crippen molar-refractivity contribution in [2.24, 2.45) is 22.2 Å². The molecule has 0 aliphatic carbocycles. The van der Waals surface area contributed by atoms with Gasteiger partial charge in [-0.05, 0) is 42.5 Å². The van der Waals surface area contributed by atoms with E-state index in [0.29, 0.717) is 12.0 Å². The molecule has 39 heavy (non-hydrogen) atoms. The molecule has 2 rings (SSSR count). The zero-order valence-electron chi connectivity index (χ0n) is 21.4. The SMILES string of the molecule is NC(N)=NCCCC(NC(=O)C(Cc1ccc(O)cc1)NC(=O)C(N)Cc1ccccc1)C(=O)NCC(=O)O. The number of benzene rings is 2. The van der Waals surface area contributed by atoms with Gasteiger partial charge < -0.3 is 43.4 Å². The third kappa shape index (κ3) is 11.5. The summed E-state index contributed by atoms with van der Waals surface area (Å²) in [5.74, 6) is -3.32. The van der Waals surface area contributed by atoms with Crippen LogP contribution in [0.15, 0.2) is 59.6 Å².